The average Bonchev–Trinajstić information content (AvgIpc) is 2.31. The van der Waals surface area contributed by atoms with Crippen molar-refractivity contribution >= 4 is 5.69 Å². The second kappa shape index (κ2) is 6.46. The van der Waals surface area contributed by atoms with Crippen molar-refractivity contribution < 1.29 is 0 Å². The van der Waals surface area contributed by atoms with Gasteiger partial charge < -0.3 is 9.80 Å². The van der Waals surface area contributed by atoms with Gasteiger partial charge in [0.05, 0.1) is 0 Å². The van der Waals surface area contributed by atoms with Crippen LogP contribution in [0.15, 0.2) is 30.3 Å². The van der Waals surface area contributed by atoms with Crippen molar-refractivity contribution in [3.05, 3.63) is 30.3 Å². The molecule has 0 heterocycles. The van der Waals surface area contributed by atoms with Crippen LogP contribution in [0.5, 0.6) is 0 Å². The maximum atomic E-state index is 2.41. The van der Waals surface area contributed by atoms with Gasteiger partial charge in [-0.3, -0.25) is 0 Å². The van der Waals surface area contributed by atoms with Gasteiger partial charge in [0.1, 0.15) is 0 Å². The van der Waals surface area contributed by atoms with Gasteiger partial charge in [-0.1, -0.05) is 25.1 Å². The van der Waals surface area contributed by atoms with E-state index in [2.05, 4.69) is 61.0 Å². The van der Waals surface area contributed by atoms with E-state index in [1.54, 1.807) is 0 Å². The van der Waals surface area contributed by atoms with Crippen LogP contribution in [0.4, 0.5) is 5.69 Å². The lowest BCUT2D eigenvalue weighted by molar-refractivity contribution is 0.359. The molecule has 1 rings (SSSR count). The van der Waals surface area contributed by atoms with E-state index in [4.69, 9.17) is 0 Å². The molecule has 0 atom stereocenters. The Hall–Kier alpha value is -1.02. The molecular formula is C13H22N2. The van der Waals surface area contributed by atoms with Crippen molar-refractivity contribution in [1.29, 1.82) is 0 Å². The number of benzene rings is 1. The SMILES string of the molecule is CCN(C)CCN(CC)c1ccccc1. The molecule has 0 aliphatic carbocycles. The summed E-state index contributed by atoms with van der Waals surface area (Å²) in [6.07, 6.45) is 0. The Labute approximate surface area is 93.5 Å². The van der Waals surface area contributed by atoms with Gasteiger partial charge in [-0.25, -0.2) is 0 Å². The van der Waals surface area contributed by atoms with Gasteiger partial charge in [0.2, 0.25) is 0 Å². The quantitative estimate of drug-likeness (QED) is 0.705. The third kappa shape index (κ3) is 3.92. The predicted molar refractivity (Wildman–Crippen MR) is 67.5 cm³/mol. The molecule has 0 saturated heterocycles. The van der Waals surface area contributed by atoms with Gasteiger partial charge in [0, 0.05) is 25.3 Å². The average molecular weight is 206 g/mol. The molecule has 1 aromatic carbocycles. The first-order valence-electron chi connectivity index (χ1n) is 5.76. The monoisotopic (exact) mass is 206 g/mol. The number of anilines is 1. The number of hydrogen-bond acceptors (Lipinski definition) is 2. The minimum Gasteiger partial charge on any atom is -0.371 e. The summed E-state index contributed by atoms with van der Waals surface area (Å²) in [7, 11) is 2.17. The number of para-hydroxylation sites is 1. The lowest BCUT2D eigenvalue weighted by atomic mass is 10.3. The minimum atomic E-state index is 1.07. The van der Waals surface area contributed by atoms with E-state index in [1.165, 1.54) is 5.69 Å². The van der Waals surface area contributed by atoms with Crippen LogP contribution in [0.25, 0.3) is 0 Å². The van der Waals surface area contributed by atoms with Gasteiger partial charge in [-0.05, 0) is 32.6 Å². The van der Waals surface area contributed by atoms with Crippen LogP contribution in [-0.4, -0.2) is 38.1 Å². The Bertz CT molecular complexity index is 258. The lowest BCUT2D eigenvalue weighted by Gasteiger charge is -2.25. The van der Waals surface area contributed by atoms with Crippen molar-refractivity contribution in [2.75, 3.05) is 38.1 Å². The molecule has 2 heteroatoms. The van der Waals surface area contributed by atoms with E-state index in [9.17, 15) is 0 Å². The maximum absolute atomic E-state index is 2.41. The summed E-state index contributed by atoms with van der Waals surface area (Å²) in [6.45, 7) is 8.82. The smallest absolute Gasteiger partial charge is 0.0366 e. The highest BCUT2D eigenvalue weighted by molar-refractivity contribution is 5.45. The fraction of sp³-hybridized carbons (Fsp3) is 0.538. The largest absolute Gasteiger partial charge is 0.371 e. The van der Waals surface area contributed by atoms with Crippen LogP contribution in [0.1, 0.15) is 13.8 Å². The zero-order chi connectivity index (χ0) is 11.1. The Balaban J connectivity index is 2.50. The first-order chi connectivity index (χ1) is 7.27. The molecule has 0 aliphatic heterocycles. The molecule has 2 nitrogen and oxygen atoms in total. The molecule has 0 fully saturated rings. The summed E-state index contributed by atoms with van der Waals surface area (Å²) in [5.74, 6) is 0. The van der Waals surface area contributed by atoms with E-state index in [0.717, 1.165) is 26.2 Å². The summed E-state index contributed by atoms with van der Waals surface area (Å²) in [5, 5.41) is 0. The van der Waals surface area contributed by atoms with E-state index < -0.39 is 0 Å². The van der Waals surface area contributed by atoms with Gasteiger partial charge in [0.25, 0.3) is 0 Å². The van der Waals surface area contributed by atoms with Gasteiger partial charge in [0.15, 0.2) is 0 Å². The number of hydrogen-bond donors (Lipinski definition) is 0. The summed E-state index contributed by atoms with van der Waals surface area (Å²) >= 11 is 0. The maximum Gasteiger partial charge on any atom is 0.0366 e. The van der Waals surface area contributed by atoms with E-state index in [0.29, 0.717) is 0 Å². The first-order valence-corrected chi connectivity index (χ1v) is 5.76. The second-order valence-corrected chi connectivity index (χ2v) is 3.81. The number of nitrogens with zero attached hydrogens (tertiary/aromatic N) is 2. The van der Waals surface area contributed by atoms with Crippen LogP contribution in [0.3, 0.4) is 0 Å². The predicted octanol–water partition coefficient (Wildman–Crippen LogP) is 2.46. The zero-order valence-corrected chi connectivity index (χ0v) is 10.1. The molecule has 0 unspecified atom stereocenters. The lowest BCUT2D eigenvalue weighted by Crippen LogP contribution is -2.33. The van der Waals surface area contributed by atoms with E-state index in [-0.39, 0.29) is 0 Å². The van der Waals surface area contributed by atoms with Crippen LogP contribution in [0, 0.1) is 0 Å². The fourth-order valence-electron chi connectivity index (χ4n) is 1.56. The van der Waals surface area contributed by atoms with Crippen LogP contribution in [0.2, 0.25) is 0 Å². The van der Waals surface area contributed by atoms with Crippen molar-refractivity contribution in [3.8, 4) is 0 Å². The molecule has 0 radical (unpaired) electrons. The molecule has 0 aliphatic rings. The Kier molecular flexibility index (Phi) is 5.19. The van der Waals surface area contributed by atoms with Crippen molar-refractivity contribution in [3.63, 3.8) is 0 Å². The van der Waals surface area contributed by atoms with Crippen LogP contribution in [-0.2, 0) is 0 Å². The highest BCUT2D eigenvalue weighted by Crippen LogP contribution is 2.12. The van der Waals surface area contributed by atoms with Crippen molar-refractivity contribution in [2.24, 2.45) is 0 Å². The fourth-order valence-corrected chi connectivity index (χ4v) is 1.56. The molecule has 84 valence electrons. The second-order valence-electron chi connectivity index (χ2n) is 3.81. The summed E-state index contributed by atoms with van der Waals surface area (Å²) in [5.41, 5.74) is 1.32. The third-order valence-corrected chi connectivity index (χ3v) is 2.79. The molecular weight excluding hydrogens is 184 g/mol. The van der Waals surface area contributed by atoms with Crippen molar-refractivity contribution in [1.82, 2.24) is 4.90 Å². The highest BCUT2D eigenvalue weighted by atomic mass is 15.2. The zero-order valence-electron chi connectivity index (χ0n) is 10.1. The summed E-state index contributed by atoms with van der Waals surface area (Å²) < 4.78 is 0. The Morgan fingerprint density at radius 2 is 1.60 bits per heavy atom. The van der Waals surface area contributed by atoms with Gasteiger partial charge >= 0.3 is 0 Å². The first kappa shape index (κ1) is 12.1. The number of rotatable bonds is 6. The van der Waals surface area contributed by atoms with Crippen molar-refractivity contribution in [2.45, 2.75) is 13.8 Å². The minimum absolute atomic E-state index is 1.07. The van der Waals surface area contributed by atoms with E-state index >= 15 is 0 Å². The molecule has 0 amide bonds. The normalized spacial score (nSPS) is 10.7. The molecule has 15 heavy (non-hydrogen) atoms. The Morgan fingerprint density at radius 1 is 0.933 bits per heavy atom. The van der Waals surface area contributed by atoms with Gasteiger partial charge in [-0.2, -0.15) is 0 Å². The molecule has 0 spiro atoms. The number of likely N-dealkylation sites (N-methyl/N-ethyl adjacent to an activating group) is 2. The molecule has 0 N–H and O–H groups in total. The Morgan fingerprint density at radius 3 is 2.13 bits per heavy atom. The molecule has 1 aromatic rings. The highest BCUT2D eigenvalue weighted by Gasteiger charge is 2.03. The molecule has 0 aromatic heterocycles. The van der Waals surface area contributed by atoms with E-state index in [1.807, 2.05) is 0 Å². The topological polar surface area (TPSA) is 6.48 Å². The van der Waals surface area contributed by atoms with Crippen LogP contribution < -0.4 is 4.90 Å². The summed E-state index contributed by atoms with van der Waals surface area (Å²) in [6, 6.07) is 10.6. The molecule has 0 bridgehead atoms. The summed E-state index contributed by atoms with van der Waals surface area (Å²) in [4.78, 5) is 4.75. The third-order valence-electron chi connectivity index (χ3n) is 2.79. The van der Waals surface area contributed by atoms with Crippen LogP contribution >= 0.6 is 0 Å². The standard InChI is InChI=1S/C13H22N2/c1-4-14(3)11-12-15(5-2)13-9-7-6-8-10-13/h6-10H,4-5,11-12H2,1-3H3. The van der Waals surface area contributed by atoms with Gasteiger partial charge in [-0.15, -0.1) is 0 Å². The molecule has 0 saturated carbocycles.